The van der Waals surface area contributed by atoms with E-state index in [4.69, 9.17) is 4.99 Å². The molecule has 5 rings (SSSR count). The van der Waals surface area contributed by atoms with Crippen molar-refractivity contribution in [1.29, 1.82) is 0 Å². The third-order valence-corrected chi connectivity index (χ3v) is 6.76. The molecule has 2 heterocycles. The van der Waals surface area contributed by atoms with E-state index < -0.39 is 11.7 Å². The summed E-state index contributed by atoms with van der Waals surface area (Å²) in [5, 5.41) is 3.67. The standard InChI is InChI=1S/C28H29F3N4/c29-28(30,31)24-13-11-21(12-14-24)19-34-15-17-35(18-16-34)20-25-32-26(22-7-3-1-4-8-22)27(33-25)23-9-5-2-6-10-23/h1-14,26-27H,15-20H2,(H,32,33). The van der Waals surface area contributed by atoms with Crippen LogP contribution in [0.3, 0.4) is 0 Å². The normalized spacial score (nSPS) is 21.5. The van der Waals surface area contributed by atoms with Gasteiger partial charge in [-0.15, -0.1) is 0 Å². The lowest BCUT2D eigenvalue weighted by molar-refractivity contribution is -0.137. The highest BCUT2D eigenvalue weighted by Crippen LogP contribution is 2.36. The zero-order chi connectivity index (χ0) is 24.3. The van der Waals surface area contributed by atoms with Crippen molar-refractivity contribution < 1.29 is 13.2 Å². The molecule has 3 aromatic carbocycles. The number of hydrogen-bond donors (Lipinski definition) is 1. The number of nitrogens with zero attached hydrogens (tertiary/aromatic N) is 3. The van der Waals surface area contributed by atoms with E-state index in [2.05, 4.69) is 63.6 Å². The summed E-state index contributed by atoms with van der Waals surface area (Å²) in [4.78, 5) is 9.77. The number of piperazine rings is 1. The molecule has 4 nitrogen and oxygen atoms in total. The number of amidine groups is 1. The minimum atomic E-state index is -4.29. The van der Waals surface area contributed by atoms with Gasteiger partial charge in [-0.25, -0.2) is 0 Å². The summed E-state index contributed by atoms with van der Waals surface area (Å²) in [5.74, 6) is 1.00. The highest BCUT2D eigenvalue weighted by Gasteiger charge is 2.32. The van der Waals surface area contributed by atoms with Crippen LogP contribution in [-0.2, 0) is 12.7 Å². The monoisotopic (exact) mass is 478 g/mol. The highest BCUT2D eigenvalue weighted by molar-refractivity contribution is 5.86. The summed E-state index contributed by atoms with van der Waals surface area (Å²) < 4.78 is 38.4. The molecule has 1 fully saturated rings. The van der Waals surface area contributed by atoms with Gasteiger partial charge in [-0.05, 0) is 28.8 Å². The summed E-state index contributed by atoms with van der Waals surface area (Å²) >= 11 is 0. The summed E-state index contributed by atoms with van der Waals surface area (Å²) in [5.41, 5.74) is 2.73. The van der Waals surface area contributed by atoms with Crippen molar-refractivity contribution in [2.75, 3.05) is 32.7 Å². The molecular formula is C28H29F3N4. The SMILES string of the molecule is FC(F)(F)c1ccc(CN2CCN(CC3=NC(c4ccccc4)C(c4ccccc4)N3)CC2)cc1. The second-order valence-electron chi connectivity index (χ2n) is 9.21. The molecule has 2 aliphatic heterocycles. The van der Waals surface area contributed by atoms with Gasteiger partial charge in [0.15, 0.2) is 0 Å². The molecule has 2 atom stereocenters. The second-order valence-corrected chi connectivity index (χ2v) is 9.21. The van der Waals surface area contributed by atoms with Crippen LogP contribution in [0, 0.1) is 0 Å². The van der Waals surface area contributed by atoms with Crippen LogP contribution in [0.4, 0.5) is 13.2 Å². The van der Waals surface area contributed by atoms with E-state index in [1.54, 1.807) is 12.1 Å². The van der Waals surface area contributed by atoms with Gasteiger partial charge in [-0.2, -0.15) is 13.2 Å². The van der Waals surface area contributed by atoms with Gasteiger partial charge in [0.2, 0.25) is 0 Å². The molecule has 0 aromatic heterocycles. The molecule has 3 aromatic rings. The molecule has 0 saturated carbocycles. The fraction of sp³-hybridized carbons (Fsp3) is 0.321. The highest BCUT2D eigenvalue weighted by atomic mass is 19.4. The molecule has 0 spiro atoms. The summed E-state index contributed by atoms with van der Waals surface area (Å²) in [7, 11) is 0. The first-order valence-corrected chi connectivity index (χ1v) is 12.0. The fourth-order valence-electron chi connectivity index (χ4n) is 4.84. The van der Waals surface area contributed by atoms with Crippen LogP contribution in [0.15, 0.2) is 89.9 Å². The number of alkyl halides is 3. The van der Waals surface area contributed by atoms with Gasteiger partial charge in [0.05, 0.1) is 18.2 Å². The van der Waals surface area contributed by atoms with E-state index in [1.165, 1.54) is 23.3 Å². The first kappa shape index (κ1) is 23.6. The maximum atomic E-state index is 12.8. The van der Waals surface area contributed by atoms with E-state index >= 15 is 0 Å². The van der Waals surface area contributed by atoms with Crippen molar-refractivity contribution in [2.45, 2.75) is 24.8 Å². The fourth-order valence-corrected chi connectivity index (χ4v) is 4.84. The van der Waals surface area contributed by atoms with Gasteiger partial charge in [-0.3, -0.25) is 14.8 Å². The molecule has 0 amide bonds. The molecule has 0 radical (unpaired) electrons. The third kappa shape index (κ3) is 5.74. The van der Waals surface area contributed by atoms with Gasteiger partial charge >= 0.3 is 6.18 Å². The quantitative estimate of drug-likeness (QED) is 0.521. The smallest absolute Gasteiger partial charge is 0.363 e. The zero-order valence-electron chi connectivity index (χ0n) is 19.5. The Hall–Kier alpha value is -3.16. The Morgan fingerprint density at radius 3 is 1.83 bits per heavy atom. The molecule has 1 N–H and O–H groups in total. The predicted molar refractivity (Wildman–Crippen MR) is 132 cm³/mol. The minimum Gasteiger partial charge on any atom is -0.363 e. The summed E-state index contributed by atoms with van der Waals surface area (Å²) in [6.07, 6.45) is -4.29. The maximum Gasteiger partial charge on any atom is 0.416 e. The zero-order valence-corrected chi connectivity index (χ0v) is 19.5. The molecule has 2 aliphatic rings. The summed E-state index contributed by atoms with van der Waals surface area (Å²) in [6, 6.07) is 26.5. The number of rotatable bonds is 6. The van der Waals surface area contributed by atoms with Crippen LogP contribution in [0.5, 0.6) is 0 Å². The van der Waals surface area contributed by atoms with Crippen molar-refractivity contribution in [1.82, 2.24) is 15.1 Å². The Morgan fingerprint density at radius 1 is 0.714 bits per heavy atom. The van der Waals surface area contributed by atoms with Gasteiger partial charge in [0.25, 0.3) is 0 Å². The lowest BCUT2D eigenvalue weighted by atomic mass is 9.95. The Bertz CT molecular complexity index is 1120. The van der Waals surface area contributed by atoms with Crippen molar-refractivity contribution >= 4 is 5.84 Å². The molecule has 7 heteroatoms. The van der Waals surface area contributed by atoms with Crippen LogP contribution >= 0.6 is 0 Å². The van der Waals surface area contributed by atoms with E-state index in [0.717, 1.165) is 44.1 Å². The van der Waals surface area contributed by atoms with Crippen LogP contribution < -0.4 is 5.32 Å². The van der Waals surface area contributed by atoms with Crippen molar-refractivity contribution in [3.05, 3.63) is 107 Å². The van der Waals surface area contributed by atoms with Crippen LogP contribution in [-0.4, -0.2) is 48.4 Å². The number of benzene rings is 3. The molecule has 0 aliphatic carbocycles. The molecule has 2 unspecified atom stereocenters. The van der Waals surface area contributed by atoms with Crippen LogP contribution in [0.25, 0.3) is 0 Å². The number of halogens is 3. The Balaban J connectivity index is 1.19. The first-order valence-electron chi connectivity index (χ1n) is 12.0. The van der Waals surface area contributed by atoms with Crippen molar-refractivity contribution in [2.24, 2.45) is 4.99 Å². The van der Waals surface area contributed by atoms with Crippen LogP contribution in [0.2, 0.25) is 0 Å². The molecule has 35 heavy (non-hydrogen) atoms. The molecule has 182 valence electrons. The first-order chi connectivity index (χ1) is 17.0. The Morgan fingerprint density at radius 2 is 1.26 bits per heavy atom. The average molecular weight is 479 g/mol. The average Bonchev–Trinajstić information content (AvgIpc) is 3.30. The van der Waals surface area contributed by atoms with Gasteiger partial charge < -0.3 is 5.32 Å². The third-order valence-electron chi connectivity index (χ3n) is 6.76. The van der Waals surface area contributed by atoms with Gasteiger partial charge in [0.1, 0.15) is 11.9 Å². The number of aliphatic imine (C=N–C) groups is 1. The molecular weight excluding hydrogens is 449 g/mol. The topological polar surface area (TPSA) is 30.9 Å². The van der Waals surface area contributed by atoms with Crippen molar-refractivity contribution in [3.8, 4) is 0 Å². The lowest BCUT2D eigenvalue weighted by Gasteiger charge is -2.34. The maximum absolute atomic E-state index is 12.8. The second kappa shape index (κ2) is 10.2. The summed E-state index contributed by atoms with van der Waals surface area (Å²) in [6.45, 7) is 4.97. The van der Waals surface area contributed by atoms with E-state index in [1.807, 2.05) is 12.1 Å². The molecule has 0 bridgehead atoms. The van der Waals surface area contributed by atoms with E-state index in [-0.39, 0.29) is 12.1 Å². The van der Waals surface area contributed by atoms with Gasteiger partial charge in [-0.1, -0.05) is 72.8 Å². The van der Waals surface area contributed by atoms with E-state index in [0.29, 0.717) is 6.54 Å². The predicted octanol–water partition coefficient (Wildman–Crippen LogP) is 5.31. The van der Waals surface area contributed by atoms with E-state index in [9.17, 15) is 13.2 Å². The number of nitrogens with one attached hydrogen (secondary N) is 1. The number of hydrogen-bond acceptors (Lipinski definition) is 4. The van der Waals surface area contributed by atoms with Crippen molar-refractivity contribution in [3.63, 3.8) is 0 Å². The Labute approximate surface area is 204 Å². The van der Waals surface area contributed by atoms with Gasteiger partial charge in [0, 0.05) is 32.7 Å². The Kier molecular flexibility index (Phi) is 6.88. The van der Waals surface area contributed by atoms with Crippen LogP contribution in [0.1, 0.15) is 34.3 Å². The minimum absolute atomic E-state index is 0.0366. The lowest BCUT2D eigenvalue weighted by Crippen LogP contribution is -2.48. The molecule has 1 saturated heterocycles. The largest absolute Gasteiger partial charge is 0.416 e.